The Bertz CT molecular complexity index is 858. The molecule has 128 valence electrons. The molecule has 7 nitrogen and oxygen atoms in total. The van der Waals surface area contributed by atoms with Crippen molar-refractivity contribution in [3.05, 3.63) is 48.5 Å². The zero-order valence-corrected chi connectivity index (χ0v) is 14.2. The highest BCUT2D eigenvalue weighted by Gasteiger charge is 2.20. The van der Waals surface area contributed by atoms with E-state index >= 15 is 0 Å². The van der Waals surface area contributed by atoms with E-state index < -0.39 is 0 Å². The van der Waals surface area contributed by atoms with E-state index in [0.717, 1.165) is 55.3 Å². The number of anilines is 1. The number of piperazine rings is 1. The number of methoxy groups -OCH3 is 1. The maximum atomic E-state index is 5.20. The van der Waals surface area contributed by atoms with Crippen molar-refractivity contribution >= 4 is 16.9 Å². The molecule has 3 aromatic rings. The summed E-state index contributed by atoms with van der Waals surface area (Å²) in [4.78, 5) is 22.3. The molecule has 1 fully saturated rings. The Morgan fingerprint density at radius 3 is 2.72 bits per heavy atom. The summed E-state index contributed by atoms with van der Waals surface area (Å²) in [6, 6.07) is 9.86. The molecular weight excluding hydrogens is 316 g/mol. The number of pyridine rings is 2. The molecule has 0 N–H and O–H groups in total. The molecule has 4 heterocycles. The van der Waals surface area contributed by atoms with Crippen LogP contribution in [-0.4, -0.2) is 58.1 Å². The molecule has 25 heavy (non-hydrogen) atoms. The molecule has 0 bridgehead atoms. The lowest BCUT2D eigenvalue weighted by molar-refractivity contribution is 0.245. The van der Waals surface area contributed by atoms with Gasteiger partial charge in [-0.2, -0.15) is 0 Å². The summed E-state index contributed by atoms with van der Waals surface area (Å²) in [5.41, 5.74) is 1.78. The quantitative estimate of drug-likeness (QED) is 0.719. The van der Waals surface area contributed by atoms with Crippen LogP contribution in [0.25, 0.3) is 11.0 Å². The summed E-state index contributed by atoms with van der Waals surface area (Å²) in [5.74, 6) is 1.63. The van der Waals surface area contributed by atoms with Crippen molar-refractivity contribution in [2.24, 2.45) is 0 Å². The van der Waals surface area contributed by atoms with E-state index in [9.17, 15) is 0 Å². The van der Waals surface area contributed by atoms with Crippen LogP contribution in [0.2, 0.25) is 0 Å². The predicted molar refractivity (Wildman–Crippen MR) is 95.6 cm³/mol. The first-order valence-corrected chi connectivity index (χ1v) is 8.36. The van der Waals surface area contributed by atoms with Crippen molar-refractivity contribution in [3.63, 3.8) is 0 Å². The number of nitrogens with zero attached hydrogens (tertiary/aromatic N) is 6. The third kappa shape index (κ3) is 3.36. The fraction of sp³-hybridized carbons (Fsp3) is 0.333. The van der Waals surface area contributed by atoms with Gasteiger partial charge in [0.25, 0.3) is 0 Å². The van der Waals surface area contributed by atoms with Crippen molar-refractivity contribution in [2.45, 2.75) is 6.54 Å². The Labute approximate surface area is 146 Å². The van der Waals surface area contributed by atoms with Crippen LogP contribution in [0.5, 0.6) is 5.88 Å². The van der Waals surface area contributed by atoms with Gasteiger partial charge in [-0.05, 0) is 18.2 Å². The monoisotopic (exact) mass is 336 g/mol. The molecular formula is C18H20N6O. The summed E-state index contributed by atoms with van der Waals surface area (Å²) in [6.45, 7) is 4.60. The minimum Gasteiger partial charge on any atom is -0.481 e. The van der Waals surface area contributed by atoms with Crippen molar-refractivity contribution in [1.82, 2.24) is 24.8 Å². The lowest BCUT2D eigenvalue weighted by Gasteiger charge is -2.35. The van der Waals surface area contributed by atoms with Gasteiger partial charge in [0.1, 0.15) is 12.1 Å². The normalized spacial score (nSPS) is 15.5. The van der Waals surface area contributed by atoms with Crippen LogP contribution in [0.4, 0.5) is 5.82 Å². The van der Waals surface area contributed by atoms with Gasteiger partial charge in [-0.15, -0.1) is 0 Å². The largest absolute Gasteiger partial charge is 0.481 e. The number of rotatable bonds is 4. The topological polar surface area (TPSA) is 67.3 Å². The van der Waals surface area contributed by atoms with Crippen molar-refractivity contribution in [1.29, 1.82) is 0 Å². The van der Waals surface area contributed by atoms with E-state index in [0.29, 0.717) is 5.88 Å². The van der Waals surface area contributed by atoms with Crippen LogP contribution in [0.1, 0.15) is 5.69 Å². The molecule has 1 saturated heterocycles. The Morgan fingerprint density at radius 2 is 1.88 bits per heavy atom. The standard InChI is InChI=1S/C18H20N6O/c1-25-16-6-2-4-14(22-16)12-23-8-10-24(11-9-23)18-15-5-3-7-19-17(15)20-13-21-18/h2-7,13H,8-12H2,1H3. The Morgan fingerprint density at radius 1 is 1.00 bits per heavy atom. The third-order valence-electron chi connectivity index (χ3n) is 4.44. The molecule has 1 aliphatic rings. The molecule has 4 rings (SSSR count). The lowest BCUT2D eigenvalue weighted by atomic mass is 10.2. The summed E-state index contributed by atoms with van der Waals surface area (Å²) in [7, 11) is 1.64. The van der Waals surface area contributed by atoms with Crippen molar-refractivity contribution in [3.8, 4) is 5.88 Å². The van der Waals surface area contributed by atoms with E-state index in [2.05, 4.69) is 29.7 Å². The number of hydrogen-bond acceptors (Lipinski definition) is 7. The van der Waals surface area contributed by atoms with E-state index in [1.54, 1.807) is 19.6 Å². The number of aromatic nitrogens is 4. The predicted octanol–water partition coefficient (Wildman–Crippen LogP) is 1.75. The molecule has 0 amide bonds. The van der Waals surface area contributed by atoms with Crippen LogP contribution >= 0.6 is 0 Å². The molecule has 3 aromatic heterocycles. The molecule has 0 atom stereocenters. The highest BCUT2D eigenvalue weighted by molar-refractivity contribution is 5.86. The maximum absolute atomic E-state index is 5.20. The van der Waals surface area contributed by atoms with Crippen LogP contribution in [0.15, 0.2) is 42.9 Å². The number of fused-ring (bicyclic) bond motifs is 1. The van der Waals surface area contributed by atoms with Gasteiger partial charge in [0.05, 0.1) is 18.2 Å². The van der Waals surface area contributed by atoms with E-state index in [-0.39, 0.29) is 0 Å². The number of ether oxygens (including phenoxy) is 1. The summed E-state index contributed by atoms with van der Waals surface area (Å²) in [6.07, 6.45) is 3.36. The van der Waals surface area contributed by atoms with Gasteiger partial charge in [-0.3, -0.25) is 4.90 Å². The van der Waals surface area contributed by atoms with Gasteiger partial charge >= 0.3 is 0 Å². The zero-order chi connectivity index (χ0) is 17.1. The molecule has 7 heteroatoms. The minimum absolute atomic E-state index is 0.663. The van der Waals surface area contributed by atoms with Crippen LogP contribution in [-0.2, 0) is 6.54 Å². The molecule has 0 aliphatic carbocycles. The Balaban J connectivity index is 1.44. The van der Waals surface area contributed by atoms with Crippen molar-refractivity contribution < 1.29 is 4.74 Å². The van der Waals surface area contributed by atoms with Crippen molar-refractivity contribution in [2.75, 3.05) is 38.2 Å². The average molecular weight is 336 g/mol. The van der Waals surface area contributed by atoms with Crippen LogP contribution in [0, 0.1) is 0 Å². The maximum Gasteiger partial charge on any atom is 0.213 e. The fourth-order valence-corrected chi connectivity index (χ4v) is 3.14. The summed E-state index contributed by atoms with van der Waals surface area (Å²) < 4.78 is 5.20. The third-order valence-corrected chi connectivity index (χ3v) is 4.44. The molecule has 1 aliphatic heterocycles. The molecule has 0 unspecified atom stereocenters. The van der Waals surface area contributed by atoms with Gasteiger partial charge in [-0.1, -0.05) is 6.07 Å². The van der Waals surface area contributed by atoms with E-state index in [4.69, 9.17) is 4.74 Å². The van der Waals surface area contributed by atoms with Gasteiger partial charge in [0, 0.05) is 45.0 Å². The first-order valence-electron chi connectivity index (χ1n) is 8.36. The van der Waals surface area contributed by atoms with E-state index in [1.165, 1.54) is 0 Å². The van der Waals surface area contributed by atoms with Gasteiger partial charge in [-0.25, -0.2) is 19.9 Å². The summed E-state index contributed by atoms with van der Waals surface area (Å²) >= 11 is 0. The second-order valence-corrected chi connectivity index (χ2v) is 6.01. The highest BCUT2D eigenvalue weighted by atomic mass is 16.5. The molecule has 0 saturated carbocycles. The minimum atomic E-state index is 0.663. The number of hydrogen-bond donors (Lipinski definition) is 0. The zero-order valence-electron chi connectivity index (χ0n) is 14.2. The second kappa shape index (κ2) is 6.98. The highest BCUT2D eigenvalue weighted by Crippen LogP contribution is 2.22. The van der Waals surface area contributed by atoms with Gasteiger partial charge < -0.3 is 9.64 Å². The first-order chi connectivity index (χ1) is 12.3. The smallest absolute Gasteiger partial charge is 0.213 e. The molecule has 0 aromatic carbocycles. The van der Waals surface area contributed by atoms with Crippen LogP contribution in [0.3, 0.4) is 0 Å². The fourth-order valence-electron chi connectivity index (χ4n) is 3.14. The van der Waals surface area contributed by atoms with E-state index in [1.807, 2.05) is 30.3 Å². The molecule has 0 spiro atoms. The Kier molecular flexibility index (Phi) is 4.39. The average Bonchev–Trinajstić information content (AvgIpc) is 2.68. The summed E-state index contributed by atoms with van der Waals surface area (Å²) in [5, 5.41) is 1.01. The first kappa shape index (κ1) is 15.7. The SMILES string of the molecule is COc1cccc(CN2CCN(c3ncnc4ncccc34)CC2)n1. The van der Waals surface area contributed by atoms with Gasteiger partial charge in [0.15, 0.2) is 5.65 Å². The van der Waals surface area contributed by atoms with Crippen LogP contribution < -0.4 is 9.64 Å². The molecule has 0 radical (unpaired) electrons. The van der Waals surface area contributed by atoms with Gasteiger partial charge in [0.2, 0.25) is 5.88 Å². The lowest BCUT2D eigenvalue weighted by Crippen LogP contribution is -2.46. The Hall–Kier alpha value is -2.80. The second-order valence-electron chi connectivity index (χ2n) is 6.01.